The van der Waals surface area contributed by atoms with Gasteiger partial charge in [0, 0.05) is 29.4 Å². The summed E-state index contributed by atoms with van der Waals surface area (Å²) >= 11 is 1.41. The van der Waals surface area contributed by atoms with E-state index in [9.17, 15) is 14.7 Å². The van der Waals surface area contributed by atoms with Gasteiger partial charge in [-0.1, -0.05) is 31.0 Å². The molecular weight excluding hydrogens is 374 g/mol. The zero-order valence-electron chi connectivity index (χ0n) is 15.7. The number of hydrogen-bond acceptors (Lipinski definition) is 4. The van der Waals surface area contributed by atoms with Gasteiger partial charge < -0.3 is 15.4 Å². The number of fused-ring (bicyclic) bond motifs is 1. The van der Waals surface area contributed by atoms with E-state index in [-0.39, 0.29) is 12.3 Å². The standard InChI is InChI=1S/C21H23N3O3S/c1-12-18(28-20(23-12)13-6-2-3-7-13)19(25)24-17(21(26)27)10-14-11-22-16-9-5-4-8-15(14)16/h4-5,8-9,11,13,17,22H,2-3,6-7,10H2,1H3,(H,24,25)(H,26,27). The average Bonchev–Trinajstić information content (AvgIpc) is 3.40. The number of carboxylic acid groups (broad SMARTS) is 1. The van der Waals surface area contributed by atoms with E-state index < -0.39 is 12.0 Å². The number of carbonyl (C=O) groups is 2. The SMILES string of the molecule is Cc1nc(C2CCCC2)sc1C(=O)NC(Cc1c[nH]c2ccccc12)C(=O)O. The Kier molecular flexibility index (Phi) is 5.17. The Hall–Kier alpha value is -2.67. The third-order valence-corrected chi connectivity index (χ3v) is 6.74. The fourth-order valence-electron chi connectivity index (χ4n) is 3.92. The first-order valence-electron chi connectivity index (χ1n) is 9.59. The maximum absolute atomic E-state index is 12.8. The van der Waals surface area contributed by atoms with Crippen LogP contribution in [0.4, 0.5) is 0 Å². The highest BCUT2D eigenvalue weighted by Gasteiger charge is 2.27. The monoisotopic (exact) mass is 397 g/mol. The molecule has 3 N–H and O–H groups in total. The van der Waals surface area contributed by atoms with Crippen LogP contribution in [0.25, 0.3) is 10.9 Å². The highest BCUT2D eigenvalue weighted by atomic mass is 32.1. The zero-order chi connectivity index (χ0) is 19.7. The molecule has 0 spiro atoms. The van der Waals surface area contributed by atoms with Crippen LogP contribution < -0.4 is 5.32 Å². The Labute approximate surface area is 167 Å². The van der Waals surface area contributed by atoms with Gasteiger partial charge in [-0.15, -0.1) is 11.3 Å². The molecule has 1 unspecified atom stereocenters. The van der Waals surface area contributed by atoms with Gasteiger partial charge in [-0.3, -0.25) is 4.79 Å². The lowest BCUT2D eigenvalue weighted by Gasteiger charge is -2.14. The molecule has 2 heterocycles. The summed E-state index contributed by atoms with van der Waals surface area (Å²) in [5.74, 6) is -0.963. The van der Waals surface area contributed by atoms with Gasteiger partial charge >= 0.3 is 5.97 Å². The fraction of sp³-hybridized carbons (Fsp3) is 0.381. The molecule has 28 heavy (non-hydrogen) atoms. The molecule has 7 heteroatoms. The van der Waals surface area contributed by atoms with E-state index in [4.69, 9.17) is 0 Å². The lowest BCUT2D eigenvalue weighted by molar-refractivity contribution is -0.139. The summed E-state index contributed by atoms with van der Waals surface area (Å²) in [5, 5.41) is 14.3. The summed E-state index contributed by atoms with van der Waals surface area (Å²) in [6, 6.07) is 6.73. The van der Waals surface area contributed by atoms with Crippen molar-refractivity contribution in [3.8, 4) is 0 Å². The van der Waals surface area contributed by atoms with E-state index in [0.29, 0.717) is 16.5 Å². The number of aromatic nitrogens is 2. The van der Waals surface area contributed by atoms with Crippen LogP contribution in [-0.4, -0.2) is 33.0 Å². The summed E-state index contributed by atoms with van der Waals surface area (Å²) in [4.78, 5) is 32.8. The largest absolute Gasteiger partial charge is 0.480 e. The van der Waals surface area contributed by atoms with Crippen molar-refractivity contribution in [2.45, 2.75) is 51.0 Å². The number of carbonyl (C=O) groups excluding carboxylic acids is 1. The fourth-order valence-corrected chi connectivity index (χ4v) is 5.06. The van der Waals surface area contributed by atoms with Crippen molar-refractivity contribution in [3.05, 3.63) is 51.6 Å². The smallest absolute Gasteiger partial charge is 0.326 e. The topological polar surface area (TPSA) is 95.1 Å². The molecular formula is C21H23N3O3S. The summed E-state index contributed by atoms with van der Waals surface area (Å²) in [7, 11) is 0. The number of aryl methyl sites for hydroxylation is 1. The predicted molar refractivity (Wildman–Crippen MR) is 109 cm³/mol. The first-order chi connectivity index (χ1) is 13.5. The molecule has 1 aromatic carbocycles. The van der Waals surface area contributed by atoms with Crippen LogP contribution in [0.1, 0.15) is 57.5 Å². The third-order valence-electron chi connectivity index (χ3n) is 5.43. The number of H-pyrrole nitrogens is 1. The van der Waals surface area contributed by atoms with E-state index in [0.717, 1.165) is 34.3 Å². The lowest BCUT2D eigenvalue weighted by Crippen LogP contribution is -2.42. The minimum atomic E-state index is -1.04. The Balaban J connectivity index is 1.52. The molecule has 1 aliphatic rings. The molecule has 146 valence electrons. The van der Waals surface area contributed by atoms with E-state index in [1.807, 2.05) is 37.4 Å². The van der Waals surface area contributed by atoms with Crippen molar-refractivity contribution in [2.24, 2.45) is 0 Å². The molecule has 1 saturated carbocycles. The van der Waals surface area contributed by atoms with Gasteiger partial charge in [-0.25, -0.2) is 9.78 Å². The normalized spacial score (nSPS) is 15.8. The van der Waals surface area contributed by atoms with E-state index in [2.05, 4.69) is 15.3 Å². The number of aromatic amines is 1. The second-order valence-corrected chi connectivity index (χ2v) is 8.41. The number of thiazole rings is 1. The Morgan fingerprint density at radius 1 is 1.32 bits per heavy atom. The number of amides is 1. The van der Waals surface area contributed by atoms with Gasteiger partial charge in [0.25, 0.3) is 5.91 Å². The van der Waals surface area contributed by atoms with Gasteiger partial charge in [-0.2, -0.15) is 0 Å². The van der Waals surface area contributed by atoms with Crippen molar-refractivity contribution in [1.82, 2.24) is 15.3 Å². The van der Waals surface area contributed by atoms with Crippen LogP contribution in [0.3, 0.4) is 0 Å². The number of hydrogen-bond donors (Lipinski definition) is 3. The molecule has 3 aromatic rings. The van der Waals surface area contributed by atoms with E-state index in [1.165, 1.54) is 24.2 Å². The molecule has 2 aromatic heterocycles. The number of benzene rings is 1. The second-order valence-electron chi connectivity index (χ2n) is 7.38. The van der Waals surface area contributed by atoms with Gasteiger partial charge in [0.2, 0.25) is 0 Å². The van der Waals surface area contributed by atoms with Gasteiger partial charge in [-0.05, 0) is 31.4 Å². The molecule has 0 radical (unpaired) electrons. The van der Waals surface area contributed by atoms with E-state index >= 15 is 0 Å². The van der Waals surface area contributed by atoms with Crippen molar-refractivity contribution in [3.63, 3.8) is 0 Å². The molecule has 4 rings (SSSR count). The first-order valence-corrected chi connectivity index (χ1v) is 10.4. The zero-order valence-corrected chi connectivity index (χ0v) is 16.5. The molecule has 1 amide bonds. The highest BCUT2D eigenvalue weighted by Crippen LogP contribution is 2.37. The number of nitrogens with zero attached hydrogens (tertiary/aromatic N) is 1. The van der Waals surface area contributed by atoms with Crippen molar-refractivity contribution in [1.29, 1.82) is 0 Å². The lowest BCUT2D eigenvalue weighted by atomic mass is 10.0. The number of carboxylic acids is 1. The summed E-state index contributed by atoms with van der Waals surface area (Å²) in [5.41, 5.74) is 2.50. The third kappa shape index (κ3) is 3.67. The first kappa shape index (κ1) is 18.7. The van der Waals surface area contributed by atoms with Gasteiger partial charge in [0.15, 0.2) is 0 Å². The van der Waals surface area contributed by atoms with Crippen LogP contribution in [0, 0.1) is 6.92 Å². The van der Waals surface area contributed by atoms with Crippen LogP contribution in [0.2, 0.25) is 0 Å². The second kappa shape index (κ2) is 7.75. The van der Waals surface area contributed by atoms with Crippen molar-refractivity contribution < 1.29 is 14.7 Å². The van der Waals surface area contributed by atoms with Crippen LogP contribution in [0.15, 0.2) is 30.5 Å². The highest BCUT2D eigenvalue weighted by molar-refractivity contribution is 7.13. The predicted octanol–water partition coefficient (Wildman–Crippen LogP) is 4.02. The van der Waals surface area contributed by atoms with Gasteiger partial charge in [0.1, 0.15) is 10.9 Å². The number of nitrogens with one attached hydrogen (secondary N) is 2. The number of para-hydroxylation sites is 1. The average molecular weight is 398 g/mol. The molecule has 0 aliphatic heterocycles. The maximum atomic E-state index is 12.8. The van der Waals surface area contributed by atoms with Crippen molar-refractivity contribution in [2.75, 3.05) is 0 Å². The summed E-state index contributed by atoms with van der Waals surface area (Å²) in [6.45, 7) is 1.82. The Morgan fingerprint density at radius 3 is 2.82 bits per heavy atom. The molecule has 1 aliphatic carbocycles. The summed E-state index contributed by atoms with van der Waals surface area (Å²) in [6.07, 6.45) is 6.67. The summed E-state index contributed by atoms with van der Waals surface area (Å²) < 4.78 is 0. The number of rotatable bonds is 6. The molecule has 0 saturated heterocycles. The minimum absolute atomic E-state index is 0.221. The quantitative estimate of drug-likeness (QED) is 0.585. The molecule has 1 fully saturated rings. The van der Waals surface area contributed by atoms with Crippen LogP contribution >= 0.6 is 11.3 Å². The molecule has 6 nitrogen and oxygen atoms in total. The Bertz CT molecular complexity index is 1020. The molecule has 0 bridgehead atoms. The number of aliphatic carboxylic acids is 1. The minimum Gasteiger partial charge on any atom is -0.480 e. The molecule has 1 atom stereocenters. The Morgan fingerprint density at radius 2 is 2.07 bits per heavy atom. The van der Waals surface area contributed by atoms with Gasteiger partial charge in [0.05, 0.1) is 10.7 Å². The van der Waals surface area contributed by atoms with Crippen LogP contribution in [-0.2, 0) is 11.2 Å². The maximum Gasteiger partial charge on any atom is 0.326 e. The van der Waals surface area contributed by atoms with Crippen molar-refractivity contribution >= 4 is 34.1 Å². The van der Waals surface area contributed by atoms with Crippen LogP contribution in [0.5, 0.6) is 0 Å². The van der Waals surface area contributed by atoms with E-state index in [1.54, 1.807) is 0 Å².